The van der Waals surface area contributed by atoms with Crippen molar-refractivity contribution in [3.05, 3.63) is 0 Å². The first-order chi connectivity index (χ1) is 7.36. The molecule has 0 amide bonds. The first kappa shape index (κ1) is 12.9. The molecular formula is C12H26N2O. The molecule has 1 rings (SSSR count). The molecule has 0 aliphatic carbocycles. The zero-order valence-electron chi connectivity index (χ0n) is 10.0. The summed E-state index contributed by atoms with van der Waals surface area (Å²) in [4.78, 5) is 2.53. The monoisotopic (exact) mass is 214 g/mol. The van der Waals surface area contributed by atoms with Gasteiger partial charge in [0.25, 0.3) is 0 Å². The lowest BCUT2D eigenvalue weighted by Gasteiger charge is -2.24. The molecule has 1 fully saturated rings. The van der Waals surface area contributed by atoms with Crippen molar-refractivity contribution in [1.82, 2.24) is 10.2 Å². The van der Waals surface area contributed by atoms with Crippen LogP contribution in [0.15, 0.2) is 0 Å². The second-order valence-electron chi connectivity index (χ2n) is 4.47. The maximum atomic E-state index is 8.69. The predicted octanol–water partition coefficient (Wildman–Crippen LogP) is 1.22. The fourth-order valence-electron chi connectivity index (χ4n) is 2.23. The highest BCUT2D eigenvalue weighted by molar-refractivity contribution is 4.77. The van der Waals surface area contributed by atoms with Gasteiger partial charge in [-0.1, -0.05) is 6.92 Å². The van der Waals surface area contributed by atoms with Gasteiger partial charge in [-0.2, -0.15) is 0 Å². The minimum atomic E-state index is 0.344. The Labute approximate surface area is 93.9 Å². The molecule has 1 aliphatic heterocycles. The number of unbranched alkanes of at least 4 members (excludes halogenated alkanes) is 2. The molecule has 15 heavy (non-hydrogen) atoms. The van der Waals surface area contributed by atoms with Crippen LogP contribution in [0.5, 0.6) is 0 Å². The number of aliphatic hydroxyl groups is 1. The number of nitrogens with one attached hydrogen (secondary N) is 1. The molecule has 1 heterocycles. The molecule has 1 saturated heterocycles. The van der Waals surface area contributed by atoms with Crippen molar-refractivity contribution in [3.63, 3.8) is 0 Å². The molecule has 0 radical (unpaired) electrons. The van der Waals surface area contributed by atoms with E-state index in [2.05, 4.69) is 17.1 Å². The Hall–Kier alpha value is -0.120. The summed E-state index contributed by atoms with van der Waals surface area (Å²) in [6.45, 7) is 7.33. The number of aliphatic hydroxyl groups excluding tert-OH is 1. The van der Waals surface area contributed by atoms with Gasteiger partial charge in [0.15, 0.2) is 0 Å². The number of nitrogens with zero attached hydrogens (tertiary/aromatic N) is 1. The van der Waals surface area contributed by atoms with Crippen LogP contribution in [0.25, 0.3) is 0 Å². The molecule has 1 atom stereocenters. The molecule has 2 N–H and O–H groups in total. The lowest BCUT2D eigenvalue weighted by atomic mass is 10.2. The van der Waals surface area contributed by atoms with Crippen molar-refractivity contribution in [1.29, 1.82) is 0 Å². The van der Waals surface area contributed by atoms with Crippen molar-refractivity contribution in [2.24, 2.45) is 0 Å². The average Bonchev–Trinajstić information content (AvgIpc) is 2.75. The molecule has 3 nitrogen and oxygen atoms in total. The molecule has 0 aromatic carbocycles. The van der Waals surface area contributed by atoms with Gasteiger partial charge >= 0.3 is 0 Å². The van der Waals surface area contributed by atoms with Gasteiger partial charge in [0.05, 0.1) is 0 Å². The average molecular weight is 214 g/mol. The molecule has 0 spiro atoms. The van der Waals surface area contributed by atoms with E-state index in [9.17, 15) is 0 Å². The summed E-state index contributed by atoms with van der Waals surface area (Å²) in [7, 11) is 0. The van der Waals surface area contributed by atoms with Crippen LogP contribution >= 0.6 is 0 Å². The van der Waals surface area contributed by atoms with Crippen molar-refractivity contribution >= 4 is 0 Å². The summed E-state index contributed by atoms with van der Waals surface area (Å²) in [5.41, 5.74) is 0. The van der Waals surface area contributed by atoms with Gasteiger partial charge in [0.1, 0.15) is 0 Å². The van der Waals surface area contributed by atoms with Gasteiger partial charge in [-0.25, -0.2) is 0 Å². The van der Waals surface area contributed by atoms with Crippen LogP contribution in [0, 0.1) is 0 Å². The third-order valence-corrected chi connectivity index (χ3v) is 3.22. The molecule has 0 aromatic heterocycles. The Kier molecular flexibility index (Phi) is 6.98. The van der Waals surface area contributed by atoms with E-state index >= 15 is 0 Å². The standard InChI is InChI=1S/C12H26N2O/c1-2-14(9-4-3-5-10-15)11-12-7-6-8-13-12/h12-13,15H,2-11H2,1H3. The predicted molar refractivity (Wildman–Crippen MR) is 64.1 cm³/mol. The fourth-order valence-corrected chi connectivity index (χ4v) is 2.23. The third-order valence-electron chi connectivity index (χ3n) is 3.22. The molecule has 0 saturated carbocycles. The van der Waals surface area contributed by atoms with E-state index in [0.717, 1.165) is 25.4 Å². The van der Waals surface area contributed by atoms with Crippen molar-refractivity contribution in [2.75, 3.05) is 32.8 Å². The summed E-state index contributed by atoms with van der Waals surface area (Å²) in [6, 6.07) is 0.725. The fraction of sp³-hybridized carbons (Fsp3) is 1.00. The molecule has 3 heteroatoms. The molecule has 1 aliphatic rings. The molecule has 0 aromatic rings. The van der Waals surface area contributed by atoms with E-state index in [1.54, 1.807) is 0 Å². The molecule has 1 unspecified atom stereocenters. The van der Waals surface area contributed by atoms with Crippen molar-refractivity contribution in [2.45, 2.75) is 45.1 Å². The number of likely N-dealkylation sites (N-methyl/N-ethyl adjacent to an activating group) is 1. The summed E-state index contributed by atoms with van der Waals surface area (Å²) in [5, 5.41) is 12.2. The molecular weight excluding hydrogens is 188 g/mol. The second kappa shape index (κ2) is 8.08. The summed E-state index contributed by atoms with van der Waals surface area (Å²) >= 11 is 0. The van der Waals surface area contributed by atoms with Crippen LogP contribution in [0.3, 0.4) is 0 Å². The summed E-state index contributed by atoms with van der Waals surface area (Å²) in [6.07, 6.45) is 6.02. The Morgan fingerprint density at radius 2 is 2.20 bits per heavy atom. The van der Waals surface area contributed by atoms with E-state index in [0.29, 0.717) is 6.61 Å². The highest BCUT2D eigenvalue weighted by atomic mass is 16.2. The second-order valence-corrected chi connectivity index (χ2v) is 4.47. The highest BCUT2D eigenvalue weighted by Crippen LogP contribution is 2.07. The van der Waals surface area contributed by atoms with Crippen molar-refractivity contribution in [3.8, 4) is 0 Å². The zero-order chi connectivity index (χ0) is 10.9. The van der Waals surface area contributed by atoms with Gasteiger partial charge in [0.2, 0.25) is 0 Å². The molecule has 0 bridgehead atoms. The zero-order valence-corrected chi connectivity index (χ0v) is 10.0. The third kappa shape index (κ3) is 5.50. The SMILES string of the molecule is CCN(CCCCCO)CC1CCCN1. The Morgan fingerprint density at radius 1 is 1.33 bits per heavy atom. The minimum Gasteiger partial charge on any atom is -0.396 e. The largest absolute Gasteiger partial charge is 0.396 e. The maximum absolute atomic E-state index is 8.69. The van der Waals surface area contributed by atoms with Crippen molar-refractivity contribution < 1.29 is 5.11 Å². The van der Waals surface area contributed by atoms with Gasteiger partial charge in [0, 0.05) is 19.2 Å². The first-order valence-corrected chi connectivity index (χ1v) is 6.43. The number of hydrogen-bond acceptors (Lipinski definition) is 3. The van der Waals surface area contributed by atoms with Gasteiger partial charge in [-0.3, -0.25) is 0 Å². The summed E-state index contributed by atoms with van der Waals surface area (Å²) < 4.78 is 0. The lowest BCUT2D eigenvalue weighted by Crippen LogP contribution is -2.37. The van der Waals surface area contributed by atoms with E-state index in [1.165, 1.54) is 38.9 Å². The normalized spacial score (nSPS) is 21.4. The first-order valence-electron chi connectivity index (χ1n) is 6.43. The molecule has 90 valence electrons. The van der Waals surface area contributed by atoms with E-state index < -0.39 is 0 Å². The van der Waals surface area contributed by atoms with E-state index in [1.807, 2.05) is 0 Å². The Bertz CT molecular complexity index is 147. The van der Waals surface area contributed by atoms with Gasteiger partial charge in [-0.15, -0.1) is 0 Å². The lowest BCUT2D eigenvalue weighted by molar-refractivity contribution is 0.245. The van der Waals surface area contributed by atoms with Crippen LogP contribution in [0.2, 0.25) is 0 Å². The topological polar surface area (TPSA) is 35.5 Å². The smallest absolute Gasteiger partial charge is 0.0431 e. The quantitative estimate of drug-likeness (QED) is 0.596. The number of hydrogen-bond donors (Lipinski definition) is 2. The maximum Gasteiger partial charge on any atom is 0.0431 e. The van der Waals surface area contributed by atoms with Crippen LogP contribution in [0.1, 0.15) is 39.0 Å². The van der Waals surface area contributed by atoms with E-state index in [4.69, 9.17) is 5.11 Å². The van der Waals surface area contributed by atoms with Gasteiger partial charge < -0.3 is 15.3 Å². The van der Waals surface area contributed by atoms with Crippen LogP contribution in [-0.4, -0.2) is 48.8 Å². The summed E-state index contributed by atoms with van der Waals surface area (Å²) in [5.74, 6) is 0. The number of rotatable bonds is 8. The van der Waals surface area contributed by atoms with Crippen LogP contribution in [0.4, 0.5) is 0 Å². The van der Waals surface area contributed by atoms with Gasteiger partial charge in [-0.05, 0) is 51.7 Å². The minimum absolute atomic E-state index is 0.344. The Morgan fingerprint density at radius 3 is 2.80 bits per heavy atom. The van der Waals surface area contributed by atoms with E-state index in [-0.39, 0.29) is 0 Å². The highest BCUT2D eigenvalue weighted by Gasteiger charge is 2.16. The van der Waals surface area contributed by atoms with Crippen LogP contribution in [-0.2, 0) is 0 Å². The Balaban J connectivity index is 2.06. The van der Waals surface area contributed by atoms with Crippen LogP contribution < -0.4 is 5.32 Å².